The zero-order chi connectivity index (χ0) is 12.0. The largest absolute Gasteiger partial charge is 0.366 e. The molecular formula is C10H14N4S2. The van der Waals surface area contributed by atoms with Gasteiger partial charge in [-0.05, 0) is 42.6 Å². The third kappa shape index (κ3) is 4.00. The fourth-order valence-corrected chi connectivity index (χ4v) is 1.30. The van der Waals surface area contributed by atoms with Crippen LogP contribution in [0, 0.1) is 0 Å². The van der Waals surface area contributed by atoms with Gasteiger partial charge in [-0.15, -0.1) is 0 Å². The highest BCUT2D eigenvalue weighted by Crippen LogP contribution is 2.14. The number of hydrogen-bond donors (Lipinski definition) is 4. The summed E-state index contributed by atoms with van der Waals surface area (Å²) in [6.45, 7) is 0. The Balaban J connectivity index is 2.71. The third-order valence-corrected chi connectivity index (χ3v) is 2.44. The maximum Gasteiger partial charge on any atom is 0.170 e. The SMILES string of the molecule is CNC(=S)Nc1cccc(NC(=S)NC)c1. The van der Waals surface area contributed by atoms with E-state index in [1.54, 1.807) is 14.1 Å². The van der Waals surface area contributed by atoms with Gasteiger partial charge in [-0.1, -0.05) is 6.07 Å². The van der Waals surface area contributed by atoms with Gasteiger partial charge in [-0.3, -0.25) is 0 Å². The fourth-order valence-electron chi connectivity index (χ4n) is 1.06. The second-order valence-electron chi connectivity index (χ2n) is 2.99. The van der Waals surface area contributed by atoms with Crippen LogP contribution < -0.4 is 21.3 Å². The molecule has 0 fully saturated rings. The van der Waals surface area contributed by atoms with Crippen LogP contribution in [0.3, 0.4) is 0 Å². The second-order valence-corrected chi connectivity index (χ2v) is 3.81. The summed E-state index contributed by atoms with van der Waals surface area (Å²) in [6, 6.07) is 7.70. The first-order chi connectivity index (χ1) is 7.65. The lowest BCUT2D eigenvalue weighted by Gasteiger charge is -2.10. The Kier molecular flexibility index (Phi) is 4.94. The molecule has 0 atom stereocenters. The summed E-state index contributed by atoms with van der Waals surface area (Å²) in [6.07, 6.45) is 0. The average molecular weight is 254 g/mol. The molecular weight excluding hydrogens is 240 g/mol. The lowest BCUT2D eigenvalue weighted by molar-refractivity contribution is 1.19. The molecule has 16 heavy (non-hydrogen) atoms. The molecule has 1 aromatic carbocycles. The van der Waals surface area contributed by atoms with Crippen molar-refractivity contribution in [2.75, 3.05) is 24.7 Å². The number of nitrogens with one attached hydrogen (secondary N) is 4. The highest BCUT2D eigenvalue weighted by atomic mass is 32.1. The average Bonchev–Trinajstić information content (AvgIpc) is 2.29. The minimum absolute atomic E-state index is 0.577. The smallest absolute Gasteiger partial charge is 0.170 e. The highest BCUT2D eigenvalue weighted by Gasteiger charge is 1.98. The Bertz CT molecular complexity index is 359. The molecule has 1 aromatic rings. The van der Waals surface area contributed by atoms with Crippen LogP contribution in [-0.4, -0.2) is 24.3 Å². The van der Waals surface area contributed by atoms with E-state index in [9.17, 15) is 0 Å². The molecule has 0 unspecified atom stereocenters. The van der Waals surface area contributed by atoms with Crippen molar-refractivity contribution in [1.82, 2.24) is 10.6 Å². The monoisotopic (exact) mass is 254 g/mol. The molecule has 0 aliphatic rings. The minimum atomic E-state index is 0.577. The van der Waals surface area contributed by atoms with Gasteiger partial charge in [0.15, 0.2) is 10.2 Å². The predicted molar refractivity (Wildman–Crippen MR) is 77.0 cm³/mol. The lowest BCUT2D eigenvalue weighted by atomic mass is 10.3. The van der Waals surface area contributed by atoms with Crippen LogP contribution in [0.1, 0.15) is 0 Å². The summed E-state index contributed by atoms with van der Waals surface area (Å²) in [5.74, 6) is 0. The van der Waals surface area contributed by atoms with E-state index in [-0.39, 0.29) is 0 Å². The topological polar surface area (TPSA) is 48.1 Å². The van der Waals surface area contributed by atoms with E-state index in [2.05, 4.69) is 21.3 Å². The number of anilines is 2. The van der Waals surface area contributed by atoms with E-state index < -0.39 is 0 Å². The summed E-state index contributed by atoms with van der Waals surface area (Å²) in [5.41, 5.74) is 1.81. The normalized spacial score (nSPS) is 9.12. The second kappa shape index (κ2) is 6.24. The first-order valence-corrected chi connectivity index (χ1v) is 5.55. The van der Waals surface area contributed by atoms with Crippen molar-refractivity contribution in [3.05, 3.63) is 24.3 Å². The molecule has 0 aromatic heterocycles. The molecule has 1 rings (SSSR count). The Labute approximate surface area is 106 Å². The van der Waals surface area contributed by atoms with Crippen LogP contribution in [0.15, 0.2) is 24.3 Å². The van der Waals surface area contributed by atoms with Gasteiger partial charge in [0.1, 0.15) is 0 Å². The van der Waals surface area contributed by atoms with Crippen LogP contribution in [0.2, 0.25) is 0 Å². The zero-order valence-corrected chi connectivity index (χ0v) is 10.8. The molecule has 0 radical (unpaired) electrons. The van der Waals surface area contributed by atoms with Crippen LogP contribution in [0.5, 0.6) is 0 Å². The maximum absolute atomic E-state index is 5.01. The molecule has 4 N–H and O–H groups in total. The van der Waals surface area contributed by atoms with Gasteiger partial charge in [0, 0.05) is 25.5 Å². The molecule has 6 heteroatoms. The quantitative estimate of drug-likeness (QED) is 0.600. The summed E-state index contributed by atoms with van der Waals surface area (Å²) < 4.78 is 0. The third-order valence-electron chi connectivity index (χ3n) is 1.83. The maximum atomic E-state index is 5.01. The molecule has 0 spiro atoms. The molecule has 0 aliphatic heterocycles. The number of thiocarbonyl (C=S) groups is 2. The molecule has 86 valence electrons. The van der Waals surface area contributed by atoms with Gasteiger partial charge in [0.25, 0.3) is 0 Å². The molecule has 4 nitrogen and oxygen atoms in total. The summed E-state index contributed by atoms with van der Waals surface area (Å²) in [7, 11) is 3.54. The van der Waals surface area contributed by atoms with Crippen molar-refractivity contribution in [3.8, 4) is 0 Å². The minimum Gasteiger partial charge on any atom is -0.366 e. The van der Waals surface area contributed by atoms with Crippen LogP contribution in [-0.2, 0) is 0 Å². The van der Waals surface area contributed by atoms with E-state index >= 15 is 0 Å². The van der Waals surface area contributed by atoms with Crippen LogP contribution in [0.4, 0.5) is 11.4 Å². The van der Waals surface area contributed by atoms with Gasteiger partial charge >= 0.3 is 0 Å². The van der Waals surface area contributed by atoms with Gasteiger partial charge < -0.3 is 21.3 Å². The Morgan fingerprint density at radius 1 is 0.938 bits per heavy atom. The number of hydrogen-bond acceptors (Lipinski definition) is 2. The van der Waals surface area contributed by atoms with Crippen molar-refractivity contribution >= 4 is 46.0 Å². The Morgan fingerprint density at radius 2 is 1.38 bits per heavy atom. The highest BCUT2D eigenvalue weighted by molar-refractivity contribution is 7.80. The van der Waals surface area contributed by atoms with Gasteiger partial charge in [-0.2, -0.15) is 0 Å². The van der Waals surface area contributed by atoms with Crippen molar-refractivity contribution < 1.29 is 0 Å². The van der Waals surface area contributed by atoms with E-state index in [1.165, 1.54) is 0 Å². The van der Waals surface area contributed by atoms with Gasteiger partial charge in [0.2, 0.25) is 0 Å². The van der Waals surface area contributed by atoms with Crippen molar-refractivity contribution in [3.63, 3.8) is 0 Å². The molecule has 0 saturated heterocycles. The molecule has 0 amide bonds. The Morgan fingerprint density at radius 3 is 1.75 bits per heavy atom. The molecule has 0 aliphatic carbocycles. The fraction of sp³-hybridized carbons (Fsp3) is 0.200. The first-order valence-electron chi connectivity index (χ1n) is 4.73. The van der Waals surface area contributed by atoms with Gasteiger partial charge in [0.05, 0.1) is 0 Å². The number of benzene rings is 1. The molecule has 0 bridgehead atoms. The lowest BCUT2D eigenvalue weighted by Crippen LogP contribution is -2.25. The molecule has 0 saturated carbocycles. The predicted octanol–water partition coefficient (Wildman–Crippen LogP) is 1.52. The summed E-state index contributed by atoms with van der Waals surface area (Å²) in [4.78, 5) is 0. The van der Waals surface area contributed by atoms with E-state index in [1.807, 2.05) is 24.3 Å². The first kappa shape index (κ1) is 12.7. The van der Waals surface area contributed by atoms with E-state index in [0.29, 0.717) is 10.2 Å². The van der Waals surface area contributed by atoms with Gasteiger partial charge in [-0.25, -0.2) is 0 Å². The van der Waals surface area contributed by atoms with Crippen LogP contribution in [0.25, 0.3) is 0 Å². The standard InChI is InChI=1S/C10H14N4S2/c1-11-9(15)13-7-4-3-5-8(6-7)14-10(16)12-2/h3-6H,1-2H3,(H2,11,13,15)(H2,12,14,16). The van der Waals surface area contributed by atoms with Crippen molar-refractivity contribution in [2.24, 2.45) is 0 Å². The summed E-state index contributed by atoms with van der Waals surface area (Å²) >= 11 is 10.0. The van der Waals surface area contributed by atoms with Crippen molar-refractivity contribution in [2.45, 2.75) is 0 Å². The Hall–Kier alpha value is -1.40. The van der Waals surface area contributed by atoms with E-state index in [0.717, 1.165) is 11.4 Å². The van der Waals surface area contributed by atoms with Crippen LogP contribution >= 0.6 is 24.4 Å². The van der Waals surface area contributed by atoms with Crippen molar-refractivity contribution in [1.29, 1.82) is 0 Å². The summed E-state index contributed by atoms with van der Waals surface area (Å²) in [5, 5.41) is 12.9. The number of rotatable bonds is 2. The molecule has 0 heterocycles. The zero-order valence-electron chi connectivity index (χ0n) is 9.13. The van der Waals surface area contributed by atoms with E-state index in [4.69, 9.17) is 24.4 Å².